The summed E-state index contributed by atoms with van der Waals surface area (Å²) in [5.41, 5.74) is 3.63. The van der Waals surface area contributed by atoms with Crippen molar-refractivity contribution in [1.82, 2.24) is 4.72 Å². The average Bonchev–Trinajstić information content (AvgIpc) is 2.78. The first-order valence-electron chi connectivity index (χ1n) is 9.87. The maximum Gasteiger partial charge on any atom is 0.241 e. The van der Waals surface area contributed by atoms with E-state index in [1.165, 1.54) is 6.92 Å². The SMILES string of the molecule is CC(=O)Nc1cccc2c(S(=O)(=O)NCc3ccc(-c4ccccc4)cc3)cccc12. The van der Waals surface area contributed by atoms with Crippen molar-refractivity contribution in [3.8, 4) is 11.1 Å². The Balaban J connectivity index is 1.57. The predicted molar refractivity (Wildman–Crippen MR) is 124 cm³/mol. The van der Waals surface area contributed by atoms with Crippen LogP contribution >= 0.6 is 0 Å². The third kappa shape index (κ3) is 4.66. The smallest absolute Gasteiger partial charge is 0.241 e. The highest BCUT2D eigenvalue weighted by Gasteiger charge is 2.18. The van der Waals surface area contributed by atoms with Crippen molar-refractivity contribution in [3.05, 3.63) is 96.6 Å². The largest absolute Gasteiger partial charge is 0.326 e. The quantitative estimate of drug-likeness (QED) is 0.455. The first-order chi connectivity index (χ1) is 14.9. The molecule has 31 heavy (non-hydrogen) atoms. The van der Waals surface area contributed by atoms with Crippen molar-refractivity contribution in [3.63, 3.8) is 0 Å². The van der Waals surface area contributed by atoms with Crippen LogP contribution in [-0.4, -0.2) is 14.3 Å². The summed E-state index contributed by atoms with van der Waals surface area (Å²) in [6.45, 7) is 1.60. The third-order valence-electron chi connectivity index (χ3n) is 5.01. The van der Waals surface area contributed by atoms with Crippen LogP contribution in [0.25, 0.3) is 21.9 Å². The molecule has 0 saturated heterocycles. The molecular weight excluding hydrogens is 408 g/mol. The van der Waals surface area contributed by atoms with Gasteiger partial charge in [0.1, 0.15) is 0 Å². The van der Waals surface area contributed by atoms with Gasteiger partial charge in [-0.3, -0.25) is 4.79 Å². The van der Waals surface area contributed by atoms with Gasteiger partial charge in [0.2, 0.25) is 15.9 Å². The second kappa shape index (κ2) is 8.71. The molecule has 4 aromatic carbocycles. The Kier molecular flexibility index (Phi) is 5.84. The molecule has 6 heteroatoms. The topological polar surface area (TPSA) is 75.3 Å². The highest BCUT2D eigenvalue weighted by atomic mass is 32.2. The van der Waals surface area contributed by atoms with Crippen LogP contribution in [0.4, 0.5) is 5.69 Å². The monoisotopic (exact) mass is 430 g/mol. The lowest BCUT2D eigenvalue weighted by atomic mass is 10.0. The molecule has 0 aliphatic rings. The molecule has 0 unspecified atom stereocenters. The number of nitrogens with one attached hydrogen (secondary N) is 2. The molecule has 1 amide bonds. The Labute approximate surface area is 181 Å². The lowest BCUT2D eigenvalue weighted by molar-refractivity contribution is -0.114. The van der Waals surface area contributed by atoms with E-state index < -0.39 is 10.0 Å². The second-order valence-electron chi connectivity index (χ2n) is 7.23. The van der Waals surface area contributed by atoms with E-state index in [1.807, 2.05) is 54.6 Å². The normalized spacial score (nSPS) is 11.4. The van der Waals surface area contributed by atoms with E-state index in [0.717, 1.165) is 16.7 Å². The first-order valence-corrected chi connectivity index (χ1v) is 11.4. The molecule has 0 saturated carbocycles. The van der Waals surface area contributed by atoms with Crippen LogP contribution in [-0.2, 0) is 21.4 Å². The van der Waals surface area contributed by atoms with Gasteiger partial charge in [-0.1, -0.05) is 78.9 Å². The number of hydrogen-bond donors (Lipinski definition) is 2. The number of benzene rings is 4. The fraction of sp³-hybridized carbons (Fsp3) is 0.0800. The summed E-state index contributed by atoms with van der Waals surface area (Å²) in [6, 6.07) is 28.1. The number of fused-ring (bicyclic) bond motifs is 1. The minimum Gasteiger partial charge on any atom is -0.326 e. The molecule has 0 bridgehead atoms. The molecule has 0 fully saturated rings. The molecule has 4 rings (SSSR count). The van der Waals surface area contributed by atoms with E-state index in [1.54, 1.807) is 36.4 Å². The Morgan fingerprint density at radius 1 is 0.742 bits per heavy atom. The molecule has 0 aliphatic heterocycles. The second-order valence-corrected chi connectivity index (χ2v) is 8.96. The summed E-state index contributed by atoms with van der Waals surface area (Å²) in [5.74, 6) is -0.210. The van der Waals surface area contributed by atoms with Crippen molar-refractivity contribution in [2.75, 3.05) is 5.32 Å². The average molecular weight is 431 g/mol. The third-order valence-corrected chi connectivity index (χ3v) is 6.47. The van der Waals surface area contributed by atoms with Gasteiger partial charge < -0.3 is 5.32 Å². The zero-order valence-corrected chi connectivity index (χ0v) is 17.8. The van der Waals surface area contributed by atoms with Crippen LogP contribution in [0, 0.1) is 0 Å². The van der Waals surface area contributed by atoms with Gasteiger partial charge in [0.25, 0.3) is 0 Å². The van der Waals surface area contributed by atoms with E-state index in [2.05, 4.69) is 10.0 Å². The van der Waals surface area contributed by atoms with Gasteiger partial charge >= 0.3 is 0 Å². The van der Waals surface area contributed by atoms with Gasteiger partial charge in [-0.2, -0.15) is 0 Å². The summed E-state index contributed by atoms with van der Waals surface area (Å²) in [5, 5.41) is 3.98. The lowest BCUT2D eigenvalue weighted by Gasteiger charge is -2.12. The molecule has 0 aliphatic carbocycles. The number of carbonyl (C=O) groups is 1. The number of hydrogen-bond acceptors (Lipinski definition) is 3. The molecule has 4 aromatic rings. The number of anilines is 1. The molecule has 0 atom stereocenters. The molecule has 2 N–H and O–H groups in total. The lowest BCUT2D eigenvalue weighted by Crippen LogP contribution is -2.23. The van der Waals surface area contributed by atoms with E-state index >= 15 is 0 Å². The van der Waals surface area contributed by atoms with Gasteiger partial charge in [0.05, 0.1) is 4.90 Å². The van der Waals surface area contributed by atoms with E-state index in [0.29, 0.717) is 16.5 Å². The summed E-state index contributed by atoms with van der Waals surface area (Å²) >= 11 is 0. The highest BCUT2D eigenvalue weighted by molar-refractivity contribution is 7.89. The standard InChI is InChI=1S/C25H22N2O3S/c1-18(28)27-24-11-5-10-23-22(24)9-6-12-25(23)31(29,30)26-17-19-13-15-21(16-14-19)20-7-3-2-4-8-20/h2-16,26H,17H2,1H3,(H,27,28). The maximum atomic E-state index is 13.0. The van der Waals surface area contributed by atoms with E-state index in [-0.39, 0.29) is 17.3 Å². The van der Waals surface area contributed by atoms with Crippen LogP contribution < -0.4 is 10.0 Å². The fourth-order valence-corrected chi connectivity index (χ4v) is 4.75. The zero-order chi connectivity index (χ0) is 21.8. The number of rotatable bonds is 6. The first kappa shape index (κ1) is 20.8. The predicted octanol–water partition coefficient (Wildman–Crippen LogP) is 4.94. The van der Waals surface area contributed by atoms with Gasteiger partial charge in [-0.05, 0) is 28.8 Å². The van der Waals surface area contributed by atoms with Crippen LogP contribution in [0.5, 0.6) is 0 Å². The number of sulfonamides is 1. The van der Waals surface area contributed by atoms with E-state index in [9.17, 15) is 13.2 Å². The molecule has 156 valence electrons. The van der Waals surface area contributed by atoms with Crippen LogP contribution in [0.3, 0.4) is 0 Å². The Hall–Kier alpha value is -3.48. The summed E-state index contributed by atoms with van der Waals surface area (Å²) in [6.07, 6.45) is 0. The van der Waals surface area contributed by atoms with Crippen molar-refractivity contribution in [2.45, 2.75) is 18.4 Å². The summed E-state index contributed by atoms with van der Waals surface area (Å²) in [4.78, 5) is 11.6. The molecule has 0 radical (unpaired) electrons. The molecule has 0 spiro atoms. The summed E-state index contributed by atoms with van der Waals surface area (Å²) < 4.78 is 28.8. The van der Waals surface area contributed by atoms with Crippen LogP contribution in [0.1, 0.15) is 12.5 Å². The van der Waals surface area contributed by atoms with Crippen molar-refractivity contribution in [1.29, 1.82) is 0 Å². The number of amides is 1. The van der Waals surface area contributed by atoms with E-state index in [4.69, 9.17) is 0 Å². The fourth-order valence-electron chi connectivity index (χ4n) is 3.52. The maximum absolute atomic E-state index is 13.0. The zero-order valence-electron chi connectivity index (χ0n) is 17.0. The number of carbonyl (C=O) groups excluding carboxylic acids is 1. The highest BCUT2D eigenvalue weighted by Crippen LogP contribution is 2.29. The Morgan fingerprint density at radius 3 is 2.10 bits per heavy atom. The Morgan fingerprint density at radius 2 is 1.39 bits per heavy atom. The molecule has 5 nitrogen and oxygen atoms in total. The van der Waals surface area contributed by atoms with Gasteiger partial charge in [0, 0.05) is 29.9 Å². The van der Waals surface area contributed by atoms with Crippen molar-refractivity contribution < 1.29 is 13.2 Å². The minimum atomic E-state index is -3.76. The van der Waals surface area contributed by atoms with Crippen LogP contribution in [0.15, 0.2) is 95.9 Å². The minimum absolute atomic E-state index is 0.179. The van der Waals surface area contributed by atoms with Crippen molar-refractivity contribution >= 4 is 32.4 Å². The van der Waals surface area contributed by atoms with Gasteiger partial charge in [-0.25, -0.2) is 13.1 Å². The molecular formula is C25H22N2O3S. The molecule has 0 heterocycles. The van der Waals surface area contributed by atoms with Gasteiger partial charge in [0.15, 0.2) is 0 Å². The summed E-state index contributed by atoms with van der Waals surface area (Å²) in [7, 11) is -3.76. The van der Waals surface area contributed by atoms with Crippen molar-refractivity contribution in [2.24, 2.45) is 0 Å². The molecule has 0 aromatic heterocycles. The van der Waals surface area contributed by atoms with Crippen LogP contribution in [0.2, 0.25) is 0 Å². The van der Waals surface area contributed by atoms with Gasteiger partial charge in [-0.15, -0.1) is 0 Å². The Bertz CT molecular complexity index is 1330.